The summed E-state index contributed by atoms with van der Waals surface area (Å²) in [4.78, 5) is 73.3. The van der Waals surface area contributed by atoms with Gasteiger partial charge in [-0.15, -0.1) is 0 Å². The van der Waals surface area contributed by atoms with Crippen molar-refractivity contribution in [3.8, 4) is 0 Å². The molecule has 0 saturated carbocycles. The van der Waals surface area contributed by atoms with Gasteiger partial charge in [0.25, 0.3) is 0 Å². The zero-order valence-electron chi connectivity index (χ0n) is 70.8. The monoisotopic (exact) mass is 1560 g/mol. The van der Waals surface area contributed by atoms with Gasteiger partial charge >= 0.3 is 39.5 Å². The Kier molecular flexibility index (Phi) is 75.3. The van der Waals surface area contributed by atoms with Gasteiger partial charge in [0.15, 0.2) is 12.2 Å². The number of rotatable bonds is 85. The average Bonchev–Trinajstić information content (AvgIpc) is 0.896. The number of hydrogen-bond acceptors (Lipinski definition) is 15. The highest BCUT2D eigenvalue weighted by Crippen LogP contribution is 2.45. The van der Waals surface area contributed by atoms with Crippen LogP contribution in [0.5, 0.6) is 0 Å². The number of carbonyl (C=O) groups is 4. The molecule has 3 N–H and O–H groups in total. The summed E-state index contributed by atoms with van der Waals surface area (Å²) in [5.41, 5.74) is 0. The number of ether oxygens (including phenoxy) is 4. The van der Waals surface area contributed by atoms with Gasteiger partial charge in [-0.1, -0.05) is 409 Å². The highest BCUT2D eigenvalue weighted by molar-refractivity contribution is 7.47. The first-order chi connectivity index (χ1) is 51.6. The quantitative estimate of drug-likeness (QED) is 0.0222. The van der Waals surface area contributed by atoms with Gasteiger partial charge in [0, 0.05) is 25.7 Å². The second kappa shape index (κ2) is 76.7. The van der Waals surface area contributed by atoms with Gasteiger partial charge in [0.1, 0.15) is 19.3 Å². The minimum absolute atomic E-state index is 0.107. The average molecular weight is 1560 g/mol. The molecule has 19 heteroatoms. The van der Waals surface area contributed by atoms with E-state index in [0.29, 0.717) is 31.6 Å². The van der Waals surface area contributed by atoms with E-state index < -0.39 is 97.5 Å². The minimum atomic E-state index is -4.97. The van der Waals surface area contributed by atoms with Crippen molar-refractivity contribution in [1.82, 2.24) is 0 Å². The molecule has 0 saturated heterocycles. The summed E-state index contributed by atoms with van der Waals surface area (Å²) in [6.07, 6.45) is 66.8. The van der Waals surface area contributed by atoms with E-state index in [4.69, 9.17) is 37.0 Å². The Morgan fingerprint density at radius 1 is 0.234 bits per heavy atom. The van der Waals surface area contributed by atoms with Crippen LogP contribution in [-0.4, -0.2) is 96.7 Å². The molecule has 0 fully saturated rings. The molecule has 5 atom stereocenters. The SMILES string of the molecule is CC(C)CCCCCCCCCCCCCCCCCCCCC(=O)O[C@H](COC(=O)CCCCCCCCCCCCCCCCCC(C)C)COP(=O)(O)OCC(O)COP(=O)(O)OC[C@@H](COC(=O)CCCCCCCCCC(C)C)OC(=O)CCCCCCCCCCCCCCCCCC(C)C. The molecule has 0 amide bonds. The van der Waals surface area contributed by atoms with Crippen LogP contribution in [0.3, 0.4) is 0 Å². The van der Waals surface area contributed by atoms with Crippen LogP contribution >= 0.6 is 15.6 Å². The highest BCUT2D eigenvalue weighted by Gasteiger charge is 2.31. The van der Waals surface area contributed by atoms with Crippen LogP contribution in [0.2, 0.25) is 0 Å². The molecule has 0 spiro atoms. The maximum atomic E-state index is 13.2. The Bertz CT molecular complexity index is 2080. The summed E-state index contributed by atoms with van der Waals surface area (Å²) in [5.74, 6) is 1.03. The van der Waals surface area contributed by atoms with Crippen molar-refractivity contribution in [3.63, 3.8) is 0 Å². The van der Waals surface area contributed by atoms with Gasteiger partial charge in [0.05, 0.1) is 26.4 Å². The third-order valence-electron chi connectivity index (χ3n) is 20.6. The first kappa shape index (κ1) is 105. The number of hydrogen-bond donors (Lipinski definition) is 3. The van der Waals surface area contributed by atoms with E-state index in [9.17, 15) is 43.2 Å². The molecule has 0 rings (SSSR count). The number of phosphoric ester groups is 2. The summed E-state index contributed by atoms with van der Waals surface area (Å²) in [5, 5.41) is 10.7. The van der Waals surface area contributed by atoms with Crippen molar-refractivity contribution >= 4 is 39.5 Å². The van der Waals surface area contributed by atoms with E-state index in [1.165, 1.54) is 257 Å². The molecule has 0 aromatic heterocycles. The number of carbonyl (C=O) groups excluding carboxylic acids is 4. The van der Waals surface area contributed by atoms with Crippen LogP contribution in [0.15, 0.2) is 0 Å². The van der Waals surface area contributed by atoms with Crippen molar-refractivity contribution < 1.29 is 80.2 Å². The molecule has 0 radical (unpaired) electrons. The second-order valence-electron chi connectivity index (χ2n) is 33.5. The lowest BCUT2D eigenvalue weighted by molar-refractivity contribution is -0.161. The fourth-order valence-electron chi connectivity index (χ4n) is 13.7. The van der Waals surface area contributed by atoms with E-state index in [2.05, 4.69) is 55.4 Å². The zero-order valence-corrected chi connectivity index (χ0v) is 72.6. The molecule has 107 heavy (non-hydrogen) atoms. The van der Waals surface area contributed by atoms with Gasteiger partial charge in [-0.2, -0.15) is 0 Å². The Balaban J connectivity index is 5.23. The highest BCUT2D eigenvalue weighted by atomic mass is 31.2. The van der Waals surface area contributed by atoms with Crippen LogP contribution < -0.4 is 0 Å². The molecule has 0 bridgehead atoms. The van der Waals surface area contributed by atoms with Crippen molar-refractivity contribution in [2.75, 3.05) is 39.6 Å². The lowest BCUT2D eigenvalue weighted by Crippen LogP contribution is -2.30. The molecule has 0 aliphatic heterocycles. The number of unbranched alkanes of at least 4 members (excludes halogenated alkanes) is 51. The van der Waals surface area contributed by atoms with Crippen molar-refractivity contribution in [2.24, 2.45) is 23.7 Å². The number of aliphatic hydroxyl groups excluding tert-OH is 1. The second-order valence-corrected chi connectivity index (χ2v) is 36.4. The van der Waals surface area contributed by atoms with Gasteiger partial charge in [-0.25, -0.2) is 9.13 Å². The lowest BCUT2D eigenvalue weighted by Gasteiger charge is -2.21. The lowest BCUT2D eigenvalue weighted by atomic mass is 10.0. The largest absolute Gasteiger partial charge is 0.472 e. The van der Waals surface area contributed by atoms with Gasteiger partial charge < -0.3 is 33.8 Å². The fourth-order valence-corrected chi connectivity index (χ4v) is 15.3. The van der Waals surface area contributed by atoms with Gasteiger partial charge in [-0.3, -0.25) is 37.3 Å². The fraction of sp³-hybridized carbons (Fsp3) is 0.955. The van der Waals surface area contributed by atoms with Crippen LogP contribution in [-0.2, 0) is 65.4 Å². The third kappa shape index (κ3) is 81.9. The topological polar surface area (TPSA) is 237 Å². The molecule has 17 nitrogen and oxygen atoms in total. The summed E-state index contributed by atoms with van der Waals surface area (Å²) >= 11 is 0. The van der Waals surface area contributed by atoms with E-state index >= 15 is 0 Å². The standard InChI is InChI=1S/C88H172O17P2/c1-78(2)64-56-48-40-33-27-21-15-11-9-10-12-18-25-31-37-45-54-62-70-87(92)104-83(74-98-85(90)68-60-52-44-36-30-24-19-13-16-22-28-34-41-49-57-65-79(3)4)76-102-106(94,95)100-72-82(89)73-101-107(96,97)103-77-84(75-99-86(91)69-61-53-47-39-43-51-59-67-81(7)8)105-88(93)71-63-55-46-38-32-26-20-14-17-23-29-35-42-50-58-66-80(5)6/h78-84,89H,9-77H2,1-8H3,(H,94,95)(H,96,97)/t82?,83-,84-/m1/s1. The van der Waals surface area contributed by atoms with Gasteiger partial charge in [0.2, 0.25) is 0 Å². The molecule has 0 aliphatic rings. The first-order valence-electron chi connectivity index (χ1n) is 45.2. The Morgan fingerprint density at radius 3 is 0.579 bits per heavy atom. The van der Waals surface area contributed by atoms with Crippen molar-refractivity contribution in [1.29, 1.82) is 0 Å². The molecule has 0 aromatic carbocycles. The number of esters is 4. The Labute approximate surface area is 658 Å². The van der Waals surface area contributed by atoms with Crippen LogP contribution in [0, 0.1) is 23.7 Å². The number of aliphatic hydroxyl groups is 1. The van der Waals surface area contributed by atoms with E-state index in [1.807, 2.05) is 0 Å². The molecule has 0 aliphatic carbocycles. The summed E-state index contributed by atoms with van der Waals surface area (Å²) in [6, 6.07) is 0. The molecular weight excluding hydrogens is 1390 g/mol. The van der Waals surface area contributed by atoms with Crippen LogP contribution in [0.25, 0.3) is 0 Å². The van der Waals surface area contributed by atoms with Crippen molar-refractivity contribution in [3.05, 3.63) is 0 Å². The molecule has 0 heterocycles. The molecule has 636 valence electrons. The third-order valence-corrected chi connectivity index (χ3v) is 22.5. The summed E-state index contributed by atoms with van der Waals surface area (Å²) in [7, 11) is -9.93. The van der Waals surface area contributed by atoms with Gasteiger partial charge in [-0.05, 0) is 49.4 Å². The zero-order chi connectivity index (χ0) is 78.8. The van der Waals surface area contributed by atoms with E-state index in [0.717, 1.165) is 114 Å². The smallest absolute Gasteiger partial charge is 0.462 e. The predicted octanol–water partition coefficient (Wildman–Crippen LogP) is 26.7. The Hall–Kier alpha value is -1.94. The maximum Gasteiger partial charge on any atom is 0.472 e. The minimum Gasteiger partial charge on any atom is -0.462 e. The normalized spacial score (nSPS) is 13.9. The van der Waals surface area contributed by atoms with E-state index in [-0.39, 0.29) is 25.7 Å². The summed E-state index contributed by atoms with van der Waals surface area (Å²) in [6.45, 7) is 14.3. The van der Waals surface area contributed by atoms with Crippen LogP contribution in [0.1, 0.15) is 460 Å². The molecule has 0 aromatic rings. The number of phosphoric acid groups is 2. The van der Waals surface area contributed by atoms with E-state index in [1.54, 1.807) is 0 Å². The molecule has 3 unspecified atom stereocenters. The van der Waals surface area contributed by atoms with Crippen molar-refractivity contribution in [2.45, 2.75) is 478 Å². The van der Waals surface area contributed by atoms with Crippen LogP contribution in [0.4, 0.5) is 0 Å². The predicted molar refractivity (Wildman–Crippen MR) is 441 cm³/mol. The maximum absolute atomic E-state index is 13.2. The Morgan fingerprint density at radius 2 is 0.393 bits per heavy atom. The summed E-state index contributed by atoms with van der Waals surface area (Å²) < 4.78 is 68.9. The first-order valence-corrected chi connectivity index (χ1v) is 48.2. The molecular formula is C88H172O17P2.